The molecule has 1 saturated heterocycles. The second-order valence-electron chi connectivity index (χ2n) is 7.19. The van der Waals surface area contributed by atoms with Crippen molar-refractivity contribution in [1.29, 1.82) is 0 Å². The second-order valence-corrected chi connectivity index (χ2v) is 7.19. The van der Waals surface area contributed by atoms with E-state index in [4.69, 9.17) is 5.11 Å². The minimum atomic E-state index is -0.935. The third kappa shape index (κ3) is 4.80. The number of rotatable bonds is 3. The van der Waals surface area contributed by atoms with Crippen molar-refractivity contribution in [2.75, 3.05) is 19.6 Å². The Hall–Kier alpha value is -1.98. The normalized spacial score (nSPS) is 23.2. The molecule has 4 rings (SSSR count). The van der Waals surface area contributed by atoms with E-state index in [1.807, 2.05) is 30.3 Å². The molecule has 1 aliphatic carbocycles. The number of phenols is 1. The van der Waals surface area contributed by atoms with E-state index in [0.717, 1.165) is 36.1 Å². The Morgan fingerprint density at radius 3 is 2.23 bits per heavy atom. The van der Waals surface area contributed by atoms with E-state index in [9.17, 15) is 13.9 Å². The van der Waals surface area contributed by atoms with E-state index >= 15 is 0 Å². The summed E-state index contributed by atoms with van der Waals surface area (Å²) in [7, 11) is 0. The van der Waals surface area contributed by atoms with Crippen LogP contribution in [0.15, 0.2) is 48.5 Å². The standard InChI is InChI=1S/C15H21NO.C6H4F2O/c17-15(12-5-2-1-3-6-12)11-16-9-13-7-4-8-14(13)10-16;7-4-1-2-6(9)5(8)3-4/h1-3,5-6,13-15,17H,4,7-11H2;1-3,9H/t13-,14+,15?;. The number of aliphatic hydroxyl groups is 1. The topological polar surface area (TPSA) is 43.7 Å². The van der Waals surface area contributed by atoms with E-state index < -0.39 is 17.4 Å². The Bertz CT molecular complexity index is 698. The number of likely N-dealkylation sites (tertiary alicyclic amines) is 1. The molecule has 2 aliphatic rings. The van der Waals surface area contributed by atoms with Crippen LogP contribution in [0.3, 0.4) is 0 Å². The fourth-order valence-electron chi connectivity index (χ4n) is 3.99. The molecule has 0 spiro atoms. The smallest absolute Gasteiger partial charge is 0.167 e. The summed E-state index contributed by atoms with van der Waals surface area (Å²) >= 11 is 0. The highest BCUT2D eigenvalue weighted by molar-refractivity contribution is 5.22. The van der Waals surface area contributed by atoms with Gasteiger partial charge in [0.2, 0.25) is 0 Å². The van der Waals surface area contributed by atoms with E-state index in [1.54, 1.807) is 0 Å². The first-order valence-electron chi connectivity index (χ1n) is 9.12. The molecule has 1 saturated carbocycles. The molecule has 1 aliphatic heterocycles. The second kappa shape index (κ2) is 8.60. The maximum atomic E-state index is 12.1. The lowest BCUT2D eigenvalue weighted by molar-refractivity contribution is 0.122. The molecule has 2 N–H and O–H groups in total. The number of β-amino-alcohol motifs (C(OH)–C–C–N with tert-alkyl or cyclic N) is 1. The van der Waals surface area contributed by atoms with E-state index in [2.05, 4.69) is 4.90 Å². The van der Waals surface area contributed by atoms with Gasteiger partial charge in [-0.15, -0.1) is 0 Å². The summed E-state index contributed by atoms with van der Waals surface area (Å²) in [5.41, 5.74) is 1.05. The Kier molecular flexibility index (Phi) is 6.22. The number of halogens is 2. The summed E-state index contributed by atoms with van der Waals surface area (Å²) in [5, 5.41) is 18.7. The van der Waals surface area contributed by atoms with E-state index in [-0.39, 0.29) is 6.10 Å². The molecule has 2 aromatic rings. The third-order valence-electron chi connectivity index (χ3n) is 5.33. The summed E-state index contributed by atoms with van der Waals surface area (Å²) < 4.78 is 24.1. The number of aliphatic hydroxyl groups excluding tert-OH is 1. The van der Waals surface area contributed by atoms with Crippen molar-refractivity contribution >= 4 is 0 Å². The minimum Gasteiger partial charge on any atom is -0.505 e. The van der Waals surface area contributed by atoms with Gasteiger partial charge in [0.1, 0.15) is 5.82 Å². The first-order valence-corrected chi connectivity index (χ1v) is 9.12. The predicted octanol–water partition coefficient (Wildman–Crippen LogP) is 4.12. The van der Waals surface area contributed by atoms with Gasteiger partial charge in [0.15, 0.2) is 11.6 Å². The average Bonchev–Trinajstić information content (AvgIpc) is 3.21. The van der Waals surface area contributed by atoms with Crippen molar-refractivity contribution in [3.63, 3.8) is 0 Å². The summed E-state index contributed by atoms with van der Waals surface area (Å²) in [4.78, 5) is 2.45. The van der Waals surface area contributed by atoms with E-state index in [0.29, 0.717) is 6.07 Å². The number of fused-ring (bicyclic) bond motifs is 1. The highest BCUT2D eigenvalue weighted by atomic mass is 19.1. The van der Waals surface area contributed by atoms with Crippen LogP contribution in [0.25, 0.3) is 0 Å². The zero-order chi connectivity index (χ0) is 18.5. The van der Waals surface area contributed by atoms with Crippen LogP contribution < -0.4 is 0 Å². The molecule has 0 amide bonds. The van der Waals surface area contributed by atoms with Crippen molar-refractivity contribution in [1.82, 2.24) is 4.90 Å². The lowest BCUT2D eigenvalue weighted by Crippen LogP contribution is -2.27. The zero-order valence-electron chi connectivity index (χ0n) is 14.7. The van der Waals surface area contributed by atoms with Crippen LogP contribution >= 0.6 is 0 Å². The number of phenolic OH excluding ortho intramolecular Hbond substituents is 1. The Morgan fingerprint density at radius 1 is 1.00 bits per heavy atom. The Balaban J connectivity index is 0.000000185. The monoisotopic (exact) mass is 361 g/mol. The van der Waals surface area contributed by atoms with Crippen molar-refractivity contribution in [3.8, 4) is 5.75 Å². The van der Waals surface area contributed by atoms with Crippen LogP contribution in [-0.2, 0) is 0 Å². The molecular formula is C21H25F2NO2. The molecule has 26 heavy (non-hydrogen) atoms. The fraction of sp³-hybridized carbons (Fsp3) is 0.429. The van der Waals surface area contributed by atoms with Gasteiger partial charge in [-0.25, -0.2) is 8.78 Å². The summed E-state index contributed by atoms with van der Waals surface area (Å²) in [5.74, 6) is -0.326. The first kappa shape index (κ1) is 18.8. The molecule has 2 aromatic carbocycles. The van der Waals surface area contributed by atoms with E-state index in [1.165, 1.54) is 32.4 Å². The minimum absolute atomic E-state index is 0.324. The molecule has 3 nitrogen and oxygen atoms in total. The molecular weight excluding hydrogens is 336 g/mol. The average molecular weight is 361 g/mol. The SMILES string of the molecule is OC(CN1C[C@H]2CCC[C@H]2C1)c1ccccc1.Oc1ccc(F)cc1F. The van der Waals surface area contributed by atoms with Gasteiger partial charge >= 0.3 is 0 Å². The molecule has 0 bridgehead atoms. The fourth-order valence-corrected chi connectivity index (χ4v) is 3.99. The van der Waals surface area contributed by atoms with Gasteiger partial charge in [-0.2, -0.15) is 0 Å². The predicted molar refractivity (Wildman–Crippen MR) is 96.7 cm³/mol. The molecule has 5 heteroatoms. The summed E-state index contributed by atoms with van der Waals surface area (Å²) in [6.07, 6.45) is 3.91. The van der Waals surface area contributed by atoms with Crippen molar-refractivity contribution < 1.29 is 19.0 Å². The lowest BCUT2D eigenvalue weighted by atomic mass is 10.0. The van der Waals surface area contributed by atoms with Gasteiger partial charge < -0.3 is 10.2 Å². The van der Waals surface area contributed by atoms with Crippen LogP contribution in [0.1, 0.15) is 30.9 Å². The van der Waals surface area contributed by atoms with Gasteiger partial charge in [-0.3, -0.25) is 4.90 Å². The van der Waals surface area contributed by atoms with Gasteiger partial charge in [0, 0.05) is 25.7 Å². The zero-order valence-corrected chi connectivity index (χ0v) is 14.7. The largest absolute Gasteiger partial charge is 0.505 e. The Labute approximate surface area is 152 Å². The number of nitrogens with zero attached hydrogens (tertiary/aromatic N) is 1. The lowest BCUT2D eigenvalue weighted by Gasteiger charge is -2.21. The molecule has 0 aromatic heterocycles. The third-order valence-corrected chi connectivity index (χ3v) is 5.33. The maximum Gasteiger partial charge on any atom is 0.167 e. The van der Waals surface area contributed by atoms with Crippen molar-refractivity contribution in [2.24, 2.45) is 11.8 Å². The number of hydrogen-bond donors (Lipinski definition) is 2. The van der Waals surface area contributed by atoms with Crippen molar-refractivity contribution in [3.05, 3.63) is 65.7 Å². The maximum absolute atomic E-state index is 12.1. The molecule has 0 radical (unpaired) electrons. The Morgan fingerprint density at radius 2 is 1.65 bits per heavy atom. The van der Waals surface area contributed by atoms with Gasteiger partial charge in [0.05, 0.1) is 6.10 Å². The number of aromatic hydroxyl groups is 1. The highest BCUT2D eigenvalue weighted by Crippen LogP contribution is 2.38. The quantitative estimate of drug-likeness (QED) is 0.864. The van der Waals surface area contributed by atoms with Gasteiger partial charge in [-0.1, -0.05) is 36.8 Å². The molecule has 1 heterocycles. The van der Waals surface area contributed by atoms with Gasteiger partial charge in [0.25, 0.3) is 0 Å². The van der Waals surface area contributed by atoms with Crippen LogP contribution in [0.5, 0.6) is 5.75 Å². The molecule has 3 atom stereocenters. The number of hydrogen-bond acceptors (Lipinski definition) is 3. The molecule has 2 fully saturated rings. The van der Waals surface area contributed by atoms with Crippen LogP contribution in [0.4, 0.5) is 8.78 Å². The number of benzene rings is 2. The first-order chi connectivity index (χ1) is 12.5. The van der Waals surface area contributed by atoms with Crippen LogP contribution in [-0.4, -0.2) is 34.7 Å². The van der Waals surface area contributed by atoms with Crippen LogP contribution in [0, 0.1) is 23.5 Å². The van der Waals surface area contributed by atoms with Crippen molar-refractivity contribution in [2.45, 2.75) is 25.4 Å². The van der Waals surface area contributed by atoms with Gasteiger partial charge in [-0.05, 0) is 42.4 Å². The summed E-state index contributed by atoms with van der Waals surface area (Å²) in [6, 6.07) is 12.6. The molecule has 140 valence electrons. The summed E-state index contributed by atoms with van der Waals surface area (Å²) in [6.45, 7) is 3.21. The highest BCUT2D eigenvalue weighted by Gasteiger charge is 2.36. The van der Waals surface area contributed by atoms with Crippen LogP contribution in [0.2, 0.25) is 0 Å². The molecule has 1 unspecified atom stereocenters.